The molecule has 1 aromatic heterocycles. The van der Waals surface area contributed by atoms with Crippen molar-refractivity contribution in [2.24, 2.45) is 0 Å². The molecule has 0 saturated heterocycles. The molecule has 0 bridgehead atoms. The van der Waals surface area contributed by atoms with Crippen LogP contribution >= 0.6 is 15.9 Å². The van der Waals surface area contributed by atoms with E-state index in [4.69, 9.17) is 9.47 Å². The summed E-state index contributed by atoms with van der Waals surface area (Å²) in [5, 5.41) is 7.15. The van der Waals surface area contributed by atoms with Crippen molar-refractivity contribution in [3.8, 4) is 11.5 Å². The zero-order chi connectivity index (χ0) is 19.9. The summed E-state index contributed by atoms with van der Waals surface area (Å²) in [5.74, 6) is 1.68. The second-order valence-corrected chi connectivity index (χ2v) is 6.75. The number of benzene rings is 2. The number of rotatable bonds is 7. The van der Waals surface area contributed by atoms with Crippen molar-refractivity contribution in [3.05, 3.63) is 76.4 Å². The number of carbonyl (C=O) groups is 1. The first-order chi connectivity index (χ1) is 13.6. The van der Waals surface area contributed by atoms with Crippen LogP contribution in [-0.2, 0) is 11.3 Å². The smallest absolute Gasteiger partial charge is 0.249 e. The van der Waals surface area contributed by atoms with Crippen molar-refractivity contribution in [2.75, 3.05) is 19.5 Å². The highest BCUT2D eigenvalue weighted by Gasteiger charge is 2.08. The lowest BCUT2D eigenvalue weighted by Gasteiger charge is -2.09. The number of hydrogen-bond acceptors (Lipinski definition) is 4. The number of anilines is 1. The van der Waals surface area contributed by atoms with E-state index in [2.05, 4.69) is 26.3 Å². The molecule has 0 radical (unpaired) electrons. The molecule has 0 spiro atoms. The minimum Gasteiger partial charge on any atom is -0.497 e. The molecule has 1 heterocycles. The van der Waals surface area contributed by atoms with E-state index in [0.717, 1.165) is 15.6 Å². The van der Waals surface area contributed by atoms with Gasteiger partial charge in [-0.1, -0.05) is 34.1 Å². The van der Waals surface area contributed by atoms with Gasteiger partial charge in [0.25, 0.3) is 0 Å². The highest BCUT2D eigenvalue weighted by atomic mass is 79.9. The average Bonchev–Trinajstić information content (AvgIpc) is 3.14. The summed E-state index contributed by atoms with van der Waals surface area (Å²) in [6.45, 7) is 0.542. The van der Waals surface area contributed by atoms with Gasteiger partial charge in [-0.2, -0.15) is 5.10 Å². The lowest BCUT2D eigenvalue weighted by atomic mass is 10.1. The maximum absolute atomic E-state index is 12.4. The summed E-state index contributed by atoms with van der Waals surface area (Å²) in [7, 11) is 3.17. The third-order valence-corrected chi connectivity index (χ3v) is 4.87. The molecule has 28 heavy (non-hydrogen) atoms. The van der Waals surface area contributed by atoms with Crippen molar-refractivity contribution in [1.29, 1.82) is 0 Å². The Labute approximate surface area is 171 Å². The Kier molecular flexibility index (Phi) is 6.49. The van der Waals surface area contributed by atoms with Crippen molar-refractivity contribution in [2.45, 2.75) is 6.54 Å². The minimum absolute atomic E-state index is 0.258. The van der Waals surface area contributed by atoms with E-state index < -0.39 is 0 Å². The van der Waals surface area contributed by atoms with Gasteiger partial charge in [-0.15, -0.1) is 0 Å². The zero-order valence-electron chi connectivity index (χ0n) is 15.6. The van der Waals surface area contributed by atoms with E-state index in [1.54, 1.807) is 43.3 Å². The molecule has 0 unspecified atom stereocenters. The summed E-state index contributed by atoms with van der Waals surface area (Å²) in [6, 6.07) is 15.1. The average molecular weight is 442 g/mol. The summed E-state index contributed by atoms with van der Waals surface area (Å²) < 4.78 is 13.3. The third-order valence-electron chi connectivity index (χ3n) is 4.10. The number of carbonyl (C=O) groups excluding carboxylic acids is 1. The minimum atomic E-state index is -0.258. The van der Waals surface area contributed by atoms with E-state index in [-0.39, 0.29) is 5.91 Å². The highest BCUT2D eigenvalue weighted by Crippen LogP contribution is 2.25. The van der Waals surface area contributed by atoms with Crippen LogP contribution in [0.5, 0.6) is 11.5 Å². The molecule has 6 nitrogen and oxygen atoms in total. The van der Waals surface area contributed by atoms with Gasteiger partial charge >= 0.3 is 0 Å². The van der Waals surface area contributed by atoms with Gasteiger partial charge in [-0.3, -0.25) is 4.79 Å². The molecular weight excluding hydrogens is 422 g/mol. The van der Waals surface area contributed by atoms with Crippen LogP contribution < -0.4 is 14.8 Å². The fourth-order valence-electron chi connectivity index (χ4n) is 2.64. The van der Waals surface area contributed by atoms with Gasteiger partial charge in [-0.05, 0) is 29.8 Å². The van der Waals surface area contributed by atoms with Crippen LogP contribution in [0, 0.1) is 0 Å². The second kappa shape index (κ2) is 9.23. The molecule has 1 N–H and O–H groups in total. The van der Waals surface area contributed by atoms with Crippen LogP contribution in [0.2, 0.25) is 0 Å². The Morgan fingerprint density at radius 2 is 2.00 bits per heavy atom. The van der Waals surface area contributed by atoms with Gasteiger partial charge in [0.2, 0.25) is 5.91 Å². The predicted molar refractivity (Wildman–Crippen MR) is 113 cm³/mol. The van der Waals surface area contributed by atoms with Crippen molar-refractivity contribution < 1.29 is 14.3 Å². The maximum atomic E-state index is 12.4. The number of nitrogens with zero attached hydrogens (tertiary/aromatic N) is 2. The molecule has 3 rings (SSSR count). The highest BCUT2D eigenvalue weighted by molar-refractivity contribution is 9.10. The summed E-state index contributed by atoms with van der Waals surface area (Å²) >= 11 is 3.53. The van der Waals surface area contributed by atoms with E-state index in [0.29, 0.717) is 23.9 Å². The van der Waals surface area contributed by atoms with E-state index in [9.17, 15) is 4.79 Å². The van der Waals surface area contributed by atoms with Crippen LogP contribution in [-0.4, -0.2) is 29.9 Å². The quantitative estimate of drug-likeness (QED) is 0.553. The molecule has 144 valence electrons. The lowest BCUT2D eigenvalue weighted by Crippen LogP contribution is -2.14. The fourth-order valence-corrected chi connectivity index (χ4v) is 3.05. The summed E-state index contributed by atoms with van der Waals surface area (Å²) in [6.07, 6.45) is 4.81. The first-order valence-corrected chi connectivity index (χ1v) is 9.36. The van der Waals surface area contributed by atoms with Crippen molar-refractivity contribution in [3.63, 3.8) is 0 Å². The second-order valence-electron chi connectivity index (χ2n) is 5.90. The Balaban J connectivity index is 1.70. The molecule has 0 aliphatic rings. The van der Waals surface area contributed by atoms with Gasteiger partial charge in [-0.25, -0.2) is 4.68 Å². The predicted octanol–water partition coefficient (Wildman–Crippen LogP) is 4.36. The van der Waals surface area contributed by atoms with Crippen LogP contribution in [0.1, 0.15) is 11.1 Å². The Morgan fingerprint density at radius 1 is 1.18 bits per heavy atom. The molecule has 1 amide bonds. The van der Waals surface area contributed by atoms with Crippen LogP contribution in [0.15, 0.2) is 65.3 Å². The number of nitrogens with one attached hydrogen (secondary N) is 1. The van der Waals surface area contributed by atoms with E-state index >= 15 is 0 Å². The molecule has 0 aliphatic heterocycles. The fraction of sp³-hybridized carbons (Fsp3) is 0.143. The molecule has 0 aliphatic carbocycles. The number of methoxy groups -OCH3 is 2. The zero-order valence-corrected chi connectivity index (χ0v) is 17.1. The van der Waals surface area contributed by atoms with Crippen molar-refractivity contribution in [1.82, 2.24) is 9.78 Å². The molecule has 0 atom stereocenters. The summed E-state index contributed by atoms with van der Waals surface area (Å²) in [4.78, 5) is 12.4. The molecule has 7 heteroatoms. The van der Waals surface area contributed by atoms with Gasteiger partial charge in [0.05, 0.1) is 27.0 Å². The number of amides is 1. The SMILES string of the molecule is COc1ccc(/C=C/C(=O)Nc2ccnn2Cc2ccccc2Br)c(OC)c1. The van der Waals surface area contributed by atoms with Crippen LogP contribution in [0.4, 0.5) is 5.82 Å². The molecular formula is C21H20BrN3O3. The number of aromatic nitrogens is 2. The van der Waals surface area contributed by atoms with Gasteiger partial charge in [0.15, 0.2) is 0 Å². The Morgan fingerprint density at radius 3 is 2.75 bits per heavy atom. The Hall–Kier alpha value is -3.06. The van der Waals surface area contributed by atoms with E-state index in [1.165, 1.54) is 6.08 Å². The molecule has 3 aromatic rings. The molecule has 0 fully saturated rings. The molecule has 2 aromatic carbocycles. The first-order valence-electron chi connectivity index (χ1n) is 8.57. The standard InChI is InChI=1S/C21H20BrN3O3/c1-27-17-9-7-15(19(13-17)28-2)8-10-21(26)24-20-11-12-23-25(20)14-16-5-3-4-6-18(16)22/h3-13H,14H2,1-2H3,(H,24,26)/b10-8+. The van der Waals surface area contributed by atoms with Crippen LogP contribution in [0.25, 0.3) is 6.08 Å². The topological polar surface area (TPSA) is 65.4 Å². The maximum Gasteiger partial charge on any atom is 0.249 e. The number of ether oxygens (including phenoxy) is 2. The van der Waals surface area contributed by atoms with Gasteiger partial charge in [0, 0.05) is 28.2 Å². The Bertz CT molecular complexity index is 998. The van der Waals surface area contributed by atoms with E-state index in [1.807, 2.05) is 36.4 Å². The first kappa shape index (κ1) is 19.7. The van der Waals surface area contributed by atoms with Crippen molar-refractivity contribution >= 4 is 33.7 Å². The normalized spacial score (nSPS) is 10.8. The largest absolute Gasteiger partial charge is 0.497 e. The number of hydrogen-bond donors (Lipinski definition) is 1. The third kappa shape index (κ3) is 4.80. The lowest BCUT2D eigenvalue weighted by molar-refractivity contribution is -0.111. The van der Waals surface area contributed by atoms with Gasteiger partial charge < -0.3 is 14.8 Å². The van der Waals surface area contributed by atoms with Gasteiger partial charge in [0.1, 0.15) is 17.3 Å². The van der Waals surface area contributed by atoms with Crippen LogP contribution in [0.3, 0.4) is 0 Å². The number of halogens is 1. The monoisotopic (exact) mass is 441 g/mol. The summed E-state index contributed by atoms with van der Waals surface area (Å²) in [5.41, 5.74) is 1.85. The molecule has 0 saturated carbocycles.